The molecule has 2 atom stereocenters. The normalized spacial score (nSPS) is 25.5. The van der Waals surface area contributed by atoms with E-state index in [-0.39, 0.29) is 11.7 Å². The third-order valence-corrected chi connectivity index (χ3v) is 4.52. The van der Waals surface area contributed by atoms with Crippen molar-refractivity contribution in [3.05, 3.63) is 35.4 Å². The van der Waals surface area contributed by atoms with Crippen molar-refractivity contribution in [1.82, 2.24) is 0 Å². The van der Waals surface area contributed by atoms with Gasteiger partial charge in [-0.2, -0.15) is 0 Å². The van der Waals surface area contributed by atoms with E-state index < -0.39 is 0 Å². The highest BCUT2D eigenvalue weighted by molar-refractivity contribution is 5.43. The molecule has 0 N–H and O–H groups in total. The van der Waals surface area contributed by atoms with Gasteiger partial charge in [0.25, 0.3) is 0 Å². The van der Waals surface area contributed by atoms with Gasteiger partial charge in [0.05, 0.1) is 11.7 Å². The summed E-state index contributed by atoms with van der Waals surface area (Å²) in [5.41, 5.74) is 2.73. The van der Waals surface area contributed by atoms with Gasteiger partial charge in [-0.1, -0.05) is 11.6 Å². The van der Waals surface area contributed by atoms with Gasteiger partial charge in [-0.15, -0.1) is 0 Å². The van der Waals surface area contributed by atoms with E-state index in [1.807, 2.05) is 12.1 Å². The highest BCUT2D eigenvalue weighted by Crippen LogP contribution is 2.39. The molecule has 22 heavy (non-hydrogen) atoms. The lowest BCUT2D eigenvalue weighted by molar-refractivity contribution is 0.253. The van der Waals surface area contributed by atoms with Gasteiger partial charge in [-0.05, 0) is 58.2 Å². The van der Waals surface area contributed by atoms with Gasteiger partial charge in [0.15, 0.2) is 0 Å². The molecule has 2 heterocycles. The Morgan fingerprint density at radius 3 is 2.91 bits per heavy atom. The zero-order valence-corrected chi connectivity index (χ0v) is 14.0. The van der Waals surface area contributed by atoms with E-state index in [1.165, 1.54) is 11.1 Å². The number of hydrogen-bond donors (Lipinski definition) is 0. The number of allylic oxidation sites excluding steroid dienone is 1. The second kappa shape index (κ2) is 5.96. The summed E-state index contributed by atoms with van der Waals surface area (Å²) in [6.07, 6.45) is 6.02. The number of rotatable bonds is 6. The van der Waals surface area contributed by atoms with Crippen molar-refractivity contribution < 1.29 is 14.2 Å². The van der Waals surface area contributed by atoms with Gasteiger partial charge in [-0.25, -0.2) is 0 Å². The topological polar surface area (TPSA) is 31.0 Å². The summed E-state index contributed by atoms with van der Waals surface area (Å²) in [5, 5.41) is 0. The minimum atomic E-state index is 0.0956. The van der Waals surface area contributed by atoms with Crippen molar-refractivity contribution in [2.75, 3.05) is 6.61 Å². The quantitative estimate of drug-likeness (QED) is 0.580. The first-order valence-corrected chi connectivity index (χ1v) is 8.20. The van der Waals surface area contributed by atoms with Crippen LogP contribution in [-0.4, -0.2) is 24.4 Å². The minimum Gasteiger partial charge on any atom is -0.490 e. The summed E-state index contributed by atoms with van der Waals surface area (Å²) < 4.78 is 17.2. The summed E-state index contributed by atoms with van der Waals surface area (Å²) in [6, 6.07) is 6.14. The molecule has 0 spiro atoms. The van der Waals surface area contributed by atoms with Gasteiger partial charge in [0.1, 0.15) is 24.2 Å². The molecule has 3 rings (SSSR count). The fraction of sp³-hybridized carbons (Fsp3) is 0.579. The monoisotopic (exact) mass is 302 g/mol. The Bertz CT molecular complexity index is 574. The summed E-state index contributed by atoms with van der Waals surface area (Å²) in [7, 11) is 0. The lowest BCUT2D eigenvalue weighted by atomic mass is 10.0. The Morgan fingerprint density at radius 1 is 1.41 bits per heavy atom. The van der Waals surface area contributed by atoms with Crippen molar-refractivity contribution in [2.24, 2.45) is 0 Å². The van der Waals surface area contributed by atoms with Gasteiger partial charge >= 0.3 is 0 Å². The summed E-state index contributed by atoms with van der Waals surface area (Å²) >= 11 is 0. The Hall–Kier alpha value is -1.48. The molecule has 2 aliphatic rings. The average Bonchev–Trinajstić information content (AvgIpc) is 2.89. The molecule has 120 valence electrons. The molecule has 2 unspecified atom stereocenters. The highest BCUT2D eigenvalue weighted by Gasteiger charge is 2.46. The fourth-order valence-electron chi connectivity index (χ4n) is 2.95. The van der Waals surface area contributed by atoms with E-state index in [0.717, 1.165) is 30.8 Å². The predicted molar refractivity (Wildman–Crippen MR) is 87.7 cm³/mol. The zero-order valence-electron chi connectivity index (χ0n) is 14.0. The van der Waals surface area contributed by atoms with Crippen molar-refractivity contribution in [1.29, 1.82) is 0 Å². The van der Waals surface area contributed by atoms with Gasteiger partial charge in [0.2, 0.25) is 0 Å². The SMILES string of the molecule is C/C(=C\COc1ccc2c(c1)OC(C)C2)CCC1OC1(C)C. The summed E-state index contributed by atoms with van der Waals surface area (Å²) in [4.78, 5) is 0. The van der Waals surface area contributed by atoms with E-state index in [2.05, 4.69) is 39.8 Å². The van der Waals surface area contributed by atoms with Crippen molar-refractivity contribution >= 4 is 0 Å². The number of hydrogen-bond acceptors (Lipinski definition) is 3. The first-order valence-electron chi connectivity index (χ1n) is 8.20. The first-order chi connectivity index (χ1) is 10.4. The number of fused-ring (bicyclic) bond motifs is 1. The summed E-state index contributed by atoms with van der Waals surface area (Å²) in [6.45, 7) is 9.16. The predicted octanol–water partition coefficient (Wildman–Crippen LogP) is 4.29. The Labute approximate surface area is 133 Å². The number of benzene rings is 1. The van der Waals surface area contributed by atoms with Crippen LogP contribution in [0.15, 0.2) is 29.8 Å². The maximum Gasteiger partial charge on any atom is 0.126 e. The lowest BCUT2D eigenvalue weighted by Gasteiger charge is -2.07. The molecule has 0 saturated carbocycles. The third kappa shape index (κ3) is 3.64. The fourth-order valence-corrected chi connectivity index (χ4v) is 2.95. The largest absolute Gasteiger partial charge is 0.490 e. The van der Waals surface area contributed by atoms with Crippen molar-refractivity contribution in [3.63, 3.8) is 0 Å². The van der Waals surface area contributed by atoms with Crippen LogP contribution < -0.4 is 9.47 Å². The smallest absolute Gasteiger partial charge is 0.126 e. The van der Waals surface area contributed by atoms with E-state index in [0.29, 0.717) is 12.7 Å². The zero-order chi connectivity index (χ0) is 15.7. The van der Waals surface area contributed by atoms with Crippen LogP contribution in [0.3, 0.4) is 0 Å². The molecule has 1 aromatic carbocycles. The Balaban J connectivity index is 1.44. The molecule has 1 fully saturated rings. The molecule has 0 amide bonds. The molecule has 0 bridgehead atoms. The van der Waals surface area contributed by atoms with E-state index in [9.17, 15) is 0 Å². The van der Waals surface area contributed by atoms with Crippen molar-refractivity contribution in [3.8, 4) is 11.5 Å². The standard InChI is InChI=1S/C19H26O3/c1-13(5-8-18-19(3,4)22-18)9-10-20-16-7-6-15-11-14(2)21-17(15)12-16/h6-7,9,12,14,18H,5,8,10-11H2,1-4H3/b13-9+. The van der Waals surface area contributed by atoms with E-state index in [1.54, 1.807) is 0 Å². The lowest BCUT2D eigenvalue weighted by Crippen LogP contribution is -2.05. The third-order valence-electron chi connectivity index (χ3n) is 4.52. The second-order valence-corrected chi connectivity index (χ2v) is 7.01. The maximum absolute atomic E-state index is 5.81. The van der Waals surface area contributed by atoms with Crippen LogP contribution in [0.5, 0.6) is 11.5 Å². The Morgan fingerprint density at radius 2 is 2.18 bits per heavy atom. The van der Waals surface area contributed by atoms with Crippen LogP contribution in [0.2, 0.25) is 0 Å². The molecule has 3 nitrogen and oxygen atoms in total. The van der Waals surface area contributed by atoms with Crippen LogP contribution in [-0.2, 0) is 11.2 Å². The molecule has 2 aliphatic heterocycles. The molecule has 0 aliphatic carbocycles. The molecular formula is C19H26O3. The molecule has 0 radical (unpaired) electrons. The van der Waals surface area contributed by atoms with E-state index >= 15 is 0 Å². The van der Waals surface area contributed by atoms with Crippen LogP contribution in [0, 0.1) is 0 Å². The number of ether oxygens (including phenoxy) is 3. The van der Waals surface area contributed by atoms with Crippen LogP contribution in [0.4, 0.5) is 0 Å². The second-order valence-electron chi connectivity index (χ2n) is 7.01. The molecule has 0 aromatic heterocycles. The van der Waals surface area contributed by atoms with Crippen molar-refractivity contribution in [2.45, 2.75) is 64.8 Å². The first kappa shape index (κ1) is 15.4. The minimum absolute atomic E-state index is 0.0956. The average molecular weight is 302 g/mol. The Kier molecular flexibility index (Phi) is 4.18. The molecule has 1 saturated heterocycles. The number of epoxide rings is 1. The molecular weight excluding hydrogens is 276 g/mol. The highest BCUT2D eigenvalue weighted by atomic mass is 16.6. The van der Waals surface area contributed by atoms with Gasteiger partial charge in [-0.3, -0.25) is 0 Å². The van der Waals surface area contributed by atoms with Crippen LogP contribution in [0.1, 0.15) is 46.1 Å². The van der Waals surface area contributed by atoms with E-state index in [4.69, 9.17) is 14.2 Å². The summed E-state index contributed by atoms with van der Waals surface area (Å²) in [5.74, 6) is 1.85. The maximum atomic E-state index is 5.81. The van der Waals surface area contributed by atoms with Crippen LogP contribution in [0.25, 0.3) is 0 Å². The molecule has 3 heteroatoms. The van der Waals surface area contributed by atoms with Gasteiger partial charge in [0, 0.05) is 12.5 Å². The molecule has 1 aromatic rings. The van der Waals surface area contributed by atoms with Gasteiger partial charge < -0.3 is 14.2 Å². The van der Waals surface area contributed by atoms with Crippen LogP contribution >= 0.6 is 0 Å².